The molecular weight excluding hydrogens is 218 g/mol. The number of nitrogens with one attached hydrogen (secondary N) is 1. The molecule has 1 aromatic rings. The Morgan fingerprint density at radius 2 is 1.69 bits per heavy atom. The maximum Gasteiger partial charge on any atom is 0.0380 e. The highest BCUT2D eigenvalue weighted by atomic mass is 35.5. The lowest BCUT2D eigenvalue weighted by molar-refractivity contribution is 0.430. The molecule has 0 aromatic heterocycles. The number of alkyl halides is 1. The molecule has 1 unspecified atom stereocenters. The summed E-state index contributed by atoms with van der Waals surface area (Å²) in [7, 11) is 0. The molecule has 90 valence electrons. The van der Waals surface area contributed by atoms with Gasteiger partial charge in [0.2, 0.25) is 0 Å². The molecule has 1 nitrogen and oxygen atoms in total. The normalized spacial score (nSPS) is 13.1. The van der Waals surface area contributed by atoms with Crippen LogP contribution in [0.15, 0.2) is 18.2 Å². The van der Waals surface area contributed by atoms with E-state index in [0.29, 0.717) is 17.8 Å². The van der Waals surface area contributed by atoms with Crippen molar-refractivity contribution in [1.29, 1.82) is 0 Å². The lowest BCUT2D eigenvalue weighted by Gasteiger charge is -2.20. The number of hydrogen-bond acceptors (Lipinski definition) is 1. The Kier molecular flexibility index (Phi) is 5.30. The summed E-state index contributed by atoms with van der Waals surface area (Å²) in [6, 6.07) is 7.05. The highest BCUT2D eigenvalue weighted by molar-refractivity contribution is 6.18. The second-order valence-electron chi connectivity index (χ2n) is 4.88. The average Bonchev–Trinajstić information content (AvgIpc) is 2.16. The molecule has 2 heteroatoms. The Morgan fingerprint density at radius 1 is 1.12 bits per heavy atom. The minimum Gasteiger partial charge on any atom is -0.308 e. The van der Waals surface area contributed by atoms with Crippen molar-refractivity contribution in [1.82, 2.24) is 5.32 Å². The maximum atomic E-state index is 5.93. The van der Waals surface area contributed by atoms with E-state index in [1.807, 2.05) is 0 Å². The van der Waals surface area contributed by atoms with Crippen molar-refractivity contribution in [2.75, 3.05) is 5.88 Å². The van der Waals surface area contributed by atoms with Gasteiger partial charge in [-0.25, -0.2) is 0 Å². The monoisotopic (exact) mass is 239 g/mol. The van der Waals surface area contributed by atoms with Crippen molar-refractivity contribution < 1.29 is 0 Å². The van der Waals surface area contributed by atoms with Crippen LogP contribution in [0.25, 0.3) is 0 Å². The van der Waals surface area contributed by atoms with E-state index < -0.39 is 0 Å². The van der Waals surface area contributed by atoms with Crippen LogP contribution in [-0.4, -0.2) is 11.9 Å². The molecule has 0 radical (unpaired) electrons. The predicted molar refractivity (Wildman–Crippen MR) is 72.1 cm³/mol. The predicted octanol–water partition coefficient (Wildman–Crippen LogP) is 3.66. The molecule has 0 amide bonds. The van der Waals surface area contributed by atoms with Crippen LogP contribution in [-0.2, 0) is 6.54 Å². The Hall–Kier alpha value is -0.530. The average molecular weight is 240 g/mol. The molecule has 1 aromatic carbocycles. The van der Waals surface area contributed by atoms with E-state index in [-0.39, 0.29) is 0 Å². The molecule has 0 spiro atoms. The van der Waals surface area contributed by atoms with Gasteiger partial charge in [0.1, 0.15) is 0 Å². The van der Waals surface area contributed by atoms with Gasteiger partial charge in [-0.3, -0.25) is 0 Å². The van der Waals surface area contributed by atoms with Gasteiger partial charge in [0, 0.05) is 18.5 Å². The fraction of sp³-hybridized carbons (Fsp3) is 0.571. The number of halogens is 1. The van der Waals surface area contributed by atoms with E-state index >= 15 is 0 Å². The Labute approximate surface area is 104 Å². The summed E-state index contributed by atoms with van der Waals surface area (Å²) in [6.45, 7) is 9.57. The van der Waals surface area contributed by atoms with Crippen LogP contribution in [0.3, 0.4) is 0 Å². The van der Waals surface area contributed by atoms with Crippen LogP contribution in [0.1, 0.15) is 30.5 Å². The zero-order chi connectivity index (χ0) is 12.1. The molecule has 1 N–H and O–H groups in total. The van der Waals surface area contributed by atoms with E-state index in [1.165, 1.54) is 16.7 Å². The lowest BCUT2D eigenvalue weighted by Crippen LogP contribution is -2.34. The molecule has 0 fully saturated rings. The summed E-state index contributed by atoms with van der Waals surface area (Å²) in [6.07, 6.45) is 0. The second-order valence-corrected chi connectivity index (χ2v) is 5.19. The molecule has 0 heterocycles. The van der Waals surface area contributed by atoms with Crippen molar-refractivity contribution in [2.24, 2.45) is 5.92 Å². The summed E-state index contributed by atoms with van der Waals surface area (Å²) in [5.74, 6) is 1.24. The van der Waals surface area contributed by atoms with E-state index in [2.05, 4.69) is 51.2 Å². The SMILES string of the molecule is Cc1cc(C)cc(CNC(CCl)C(C)C)c1. The van der Waals surface area contributed by atoms with Gasteiger partial charge < -0.3 is 5.32 Å². The van der Waals surface area contributed by atoms with Gasteiger partial charge in [0.05, 0.1) is 0 Å². The van der Waals surface area contributed by atoms with Crippen LogP contribution in [0, 0.1) is 19.8 Å². The van der Waals surface area contributed by atoms with Crippen molar-refractivity contribution >= 4 is 11.6 Å². The van der Waals surface area contributed by atoms with Crippen LogP contribution < -0.4 is 5.32 Å². The van der Waals surface area contributed by atoms with E-state index in [1.54, 1.807) is 0 Å². The van der Waals surface area contributed by atoms with E-state index in [9.17, 15) is 0 Å². The van der Waals surface area contributed by atoms with Crippen molar-refractivity contribution in [2.45, 2.75) is 40.3 Å². The third kappa shape index (κ3) is 4.15. The fourth-order valence-electron chi connectivity index (χ4n) is 1.89. The summed E-state index contributed by atoms with van der Waals surface area (Å²) in [4.78, 5) is 0. The summed E-state index contributed by atoms with van der Waals surface area (Å²) < 4.78 is 0. The third-order valence-electron chi connectivity index (χ3n) is 2.82. The molecule has 0 aliphatic rings. The van der Waals surface area contributed by atoms with Gasteiger partial charge in [-0.2, -0.15) is 0 Å². The van der Waals surface area contributed by atoms with Gasteiger partial charge in [0.15, 0.2) is 0 Å². The minimum atomic E-state index is 0.391. The number of aryl methyl sites for hydroxylation is 2. The van der Waals surface area contributed by atoms with Crippen molar-refractivity contribution in [3.63, 3.8) is 0 Å². The van der Waals surface area contributed by atoms with E-state index in [0.717, 1.165) is 6.54 Å². The number of hydrogen-bond donors (Lipinski definition) is 1. The second kappa shape index (κ2) is 6.27. The highest BCUT2D eigenvalue weighted by Gasteiger charge is 2.10. The summed E-state index contributed by atoms with van der Waals surface area (Å²) in [5.41, 5.74) is 3.99. The Bertz CT molecular complexity index is 313. The van der Waals surface area contributed by atoms with E-state index in [4.69, 9.17) is 11.6 Å². The standard InChI is InChI=1S/C14H22ClN/c1-10(2)14(8-15)16-9-13-6-11(3)5-12(4)7-13/h5-7,10,14,16H,8-9H2,1-4H3. The summed E-state index contributed by atoms with van der Waals surface area (Å²) in [5, 5.41) is 3.51. The number of benzene rings is 1. The lowest BCUT2D eigenvalue weighted by atomic mass is 10.0. The highest BCUT2D eigenvalue weighted by Crippen LogP contribution is 2.10. The first kappa shape index (κ1) is 13.5. The van der Waals surface area contributed by atoms with Crippen molar-refractivity contribution in [3.8, 4) is 0 Å². The number of rotatable bonds is 5. The minimum absolute atomic E-state index is 0.391. The fourth-order valence-corrected chi connectivity index (χ4v) is 2.35. The molecule has 0 aliphatic heterocycles. The molecule has 0 aliphatic carbocycles. The zero-order valence-corrected chi connectivity index (χ0v) is 11.4. The third-order valence-corrected chi connectivity index (χ3v) is 3.15. The zero-order valence-electron chi connectivity index (χ0n) is 10.7. The molecule has 0 saturated heterocycles. The Balaban J connectivity index is 2.60. The van der Waals surface area contributed by atoms with Crippen LogP contribution in [0.4, 0.5) is 0 Å². The van der Waals surface area contributed by atoms with Crippen LogP contribution >= 0.6 is 11.6 Å². The Morgan fingerprint density at radius 3 is 2.12 bits per heavy atom. The first-order valence-electron chi connectivity index (χ1n) is 5.89. The van der Waals surface area contributed by atoms with Gasteiger partial charge in [-0.05, 0) is 25.3 Å². The molecular formula is C14H22ClN. The largest absolute Gasteiger partial charge is 0.308 e. The van der Waals surface area contributed by atoms with Crippen molar-refractivity contribution in [3.05, 3.63) is 34.9 Å². The summed E-state index contributed by atoms with van der Waals surface area (Å²) >= 11 is 5.93. The molecule has 1 atom stereocenters. The van der Waals surface area contributed by atoms with Gasteiger partial charge in [0.25, 0.3) is 0 Å². The first-order chi connectivity index (χ1) is 7.52. The quantitative estimate of drug-likeness (QED) is 0.774. The van der Waals surface area contributed by atoms with Gasteiger partial charge in [-0.1, -0.05) is 43.2 Å². The maximum absolute atomic E-state index is 5.93. The van der Waals surface area contributed by atoms with Gasteiger partial charge >= 0.3 is 0 Å². The van der Waals surface area contributed by atoms with Gasteiger partial charge in [-0.15, -0.1) is 11.6 Å². The molecule has 0 saturated carbocycles. The van der Waals surface area contributed by atoms with Crippen LogP contribution in [0.2, 0.25) is 0 Å². The molecule has 1 rings (SSSR count). The smallest absolute Gasteiger partial charge is 0.0380 e. The molecule has 16 heavy (non-hydrogen) atoms. The molecule has 0 bridgehead atoms. The topological polar surface area (TPSA) is 12.0 Å². The first-order valence-corrected chi connectivity index (χ1v) is 6.43. The van der Waals surface area contributed by atoms with Crippen LogP contribution in [0.5, 0.6) is 0 Å².